The maximum absolute atomic E-state index is 14.1. The van der Waals surface area contributed by atoms with Crippen molar-refractivity contribution in [2.75, 3.05) is 14.2 Å². The van der Waals surface area contributed by atoms with Crippen molar-refractivity contribution in [2.45, 2.75) is 13.0 Å². The second-order valence-electron chi connectivity index (χ2n) is 4.61. The molecule has 2 aromatic rings. The Bertz CT molecular complexity index is 658. The first-order valence-electron chi connectivity index (χ1n) is 6.34. The SMILES string of the molecule is COc1cc(Cl)c(C(O)c2cccc(C)c2F)cc1OC. The van der Waals surface area contributed by atoms with Gasteiger partial charge in [-0.1, -0.05) is 29.8 Å². The van der Waals surface area contributed by atoms with E-state index in [0.29, 0.717) is 22.6 Å². The van der Waals surface area contributed by atoms with E-state index in [9.17, 15) is 9.50 Å². The highest BCUT2D eigenvalue weighted by molar-refractivity contribution is 6.31. The molecule has 0 spiro atoms. The topological polar surface area (TPSA) is 38.7 Å². The first-order valence-corrected chi connectivity index (χ1v) is 6.71. The lowest BCUT2D eigenvalue weighted by Gasteiger charge is -2.17. The van der Waals surface area contributed by atoms with E-state index in [4.69, 9.17) is 21.1 Å². The zero-order valence-electron chi connectivity index (χ0n) is 12.0. The molecule has 0 saturated carbocycles. The van der Waals surface area contributed by atoms with Crippen molar-refractivity contribution in [3.8, 4) is 11.5 Å². The first-order chi connectivity index (χ1) is 9.99. The third-order valence-electron chi connectivity index (χ3n) is 3.31. The molecule has 0 radical (unpaired) electrons. The molecule has 0 fully saturated rings. The Morgan fingerprint density at radius 1 is 1.10 bits per heavy atom. The summed E-state index contributed by atoms with van der Waals surface area (Å²) in [5.74, 6) is 0.419. The molecule has 1 N–H and O–H groups in total. The average molecular weight is 311 g/mol. The number of aliphatic hydroxyl groups is 1. The molecule has 0 amide bonds. The van der Waals surface area contributed by atoms with Crippen molar-refractivity contribution in [1.82, 2.24) is 0 Å². The highest BCUT2D eigenvalue weighted by Crippen LogP contribution is 2.38. The predicted molar refractivity (Wildman–Crippen MR) is 79.8 cm³/mol. The minimum atomic E-state index is -1.18. The van der Waals surface area contributed by atoms with Crippen LogP contribution in [0, 0.1) is 12.7 Å². The van der Waals surface area contributed by atoms with Crippen LogP contribution in [0.25, 0.3) is 0 Å². The molecule has 0 aromatic heterocycles. The quantitative estimate of drug-likeness (QED) is 0.931. The summed E-state index contributed by atoms with van der Waals surface area (Å²) in [5.41, 5.74) is 0.992. The third-order valence-corrected chi connectivity index (χ3v) is 3.64. The van der Waals surface area contributed by atoms with Crippen LogP contribution in [0.15, 0.2) is 30.3 Å². The Morgan fingerprint density at radius 3 is 2.33 bits per heavy atom. The fourth-order valence-electron chi connectivity index (χ4n) is 2.13. The van der Waals surface area contributed by atoms with Crippen LogP contribution in [0.2, 0.25) is 5.02 Å². The summed E-state index contributed by atoms with van der Waals surface area (Å²) in [4.78, 5) is 0. The molecule has 1 atom stereocenters. The minimum absolute atomic E-state index is 0.170. The summed E-state index contributed by atoms with van der Waals surface area (Å²) < 4.78 is 24.5. The maximum Gasteiger partial charge on any atom is 0.162 e. The lowest BCUT2D eigenvalue weighted by Crippen LogP contribution is -2.05. The van der Waals surface area contributed by atoms with Gasteiger partial charge in [0.25, 0.3) is 0 Å². The van der Waals surface area contributed by atoms with Crippen LogP contribution < -0.4 is 9.47 Å². The van der Waals surface area contributed by atoms with E-state index in [2.05, 4.69) is 0 Å². The summed E-state index contributed by atoms with van der Waals surface area (Å²) in [6.07, 6.45) is -1.18. The molecule has 0 aliphatic heterocycles. The fourth-order valence-corrected chi connectivity index (χ4v) is 2.39. The van der Waals surface area contributed by atoms with Crippen LogP contribution in [0.3, 0.4) is 0 Å². The summed E-state index contributed by atoms with van der Waals surface area (Å²) in [7, 11) is 2.97. The van der Waals surface area contributed by atoms with Gasteiger partial charge in [-0.05, 0) is 18.6 Å². The molecule has 0 aliphatic rings. The second kappa shape index (κ2) is 6.33. The molecule has 112 valence electrons. The molecule has 1 unspecified atom stereocenters. The molecule has 2 rings (SSSR count). The molecule has 0 saturated heterocycles. The van der Waals surface area contributed by atoms with Crippen molar-refractivity contribution in [1.29, 1.82) is 0 Å². The summed E-state index contributed by atoms with van der Waals surface area (Å²) in [6.45, 7) is 1.64. The lowest BCUT2D eigenvalue weighted by molar-refractivity contribution is 0.214. The van der Waals surface area contributed by atoms with Crippen molar-refractivity contribution in [3.05, 3.63) is 57.9 Å². The number of aryl methyl sites for hydroxylation is 1. The van der Waals surface area contributed by atoms with E-state index in [1.165, 1.54) is 26.4 Å². The summed E-state index contributed by atoms with van der Waals surface area (Å²) in [5, 5.41) is 10.7. The van der Waals surface area contributed by atoms with Gasteiger partial charge >= 0.3 is 0 Å². The monoisotopic (exact) mass is 310 g/mol. The molecular formula is C16H16ClFO3. The zero-order chi connectivity index (χ0) is 15.6. The molecule has 0 bridgehead atoms. The lowest BCUT2D eigenvalue weighted by atomic mass is 9.98. The molecule has 5 heteroatoms. The Labute approximate surface area is 127 Å². The molecule has 0 heterocycles. The Kier molecular flexibility index (Phi) is 4.70. The molecule has 21 heavy (non-hydrogen) atoms. The van der Waals surface area contributed by atoms with Gasteiger partial charge in [0, 0.05) is 17.2 Å². The van der Waals surface area contributed by atoms with Crippen molar-refractivity contribution < 1.29 is 19.0 Å². The van der Waals surface area contributed by atoms with E-state index in [1.807, 2.05) is 0 Å². The maximum atomic E-state index is 14.1. The van der Waals surface area contributed by atoms with Gasteiger partial charge in [0.15, 0.2) is 11.5 Å². The fraction of sp³-hybridized carbons (Fsp3) is 0.250. The zero-order valence-corrected chi connectivity index (χ0v) is 12.7. The molecule has 3 nitrogen and oxygen atoms in total. The van der Waals surface area contributed by atoms with Crippen molar-refractivity contribution in [3.63, 3.8) is 0 Å². The number of rotatable bonds is 4. The van der Waals surface area contributed by atoms with Gasteiger partial charge in [0.2, 0.25) is 0 Å². The van der Waals surface area contributed by atoms with E-state index < -0.39 is 11.9 Å². The van der Waals surface area contributed by atoms with Crippen LogP contribution in [-0.4, -0.2) is 19.3 Å². The predicted octanol–water partition coefficient (Wildman–Crippen LogP) is 3.89. The van der Waals surface area contributed by atoms with E-state index in [-0.39, 0.29) is 10.6 Å². The number of ether oxygens (including phenoxy) is 2. The van der Waals surface area contributed by atoms with Crippen LogP contribution in [0.4, 0.5) is 4.39 Å². The molecular weight excluding hydrogens is 295 g/mol. The van der Waals surface area contributed by atoms with Crippen LogP contribution in [0.1, 0.15) is 22.8 Å². The van der Waals surface area contributed by atoms with Gasteiger partial charge in [-0.25, -0.2) is 4.39 Å². The van der Waals surface area contributed by atoms with Crippen molar-refractivity contribution >= 4 is 11.6 Å². The first kappa shape index (κ1) is 15.6. The van der Waals surface area contributed by atoms with E-state index in [1.54, 1.807) is 25.1 Å². The number of halogens is 2. The number of hydrogen-bond acceptors (Lipinski definition) is 3. The minimum Gasteiger partial charge on any atom is -0.493 e. The Hall–Kier alpha value is -1.78. The van der Waals surface area contributed by atoms with Crippen LogP contribution in [-0.2, 0) is 0 Å². The van der Waals surface area contributed by atoms with Gasteiger partial charge in [0.1, 0.15) is 11.9 Å². The number of benzene rings is 2. The highest BCUT2D eigenvalue weighted by Gasteiger charge is 2.21. The summed E-state index contributed by atoms with van der Waals surface area (Å²) in [6, 6.07) is 7.94. The van der Waals surface area contributed by atoms with Crippen LogP contribution in [0.5, 0.6) is 11.5 Å². The second-order valence-corrected chi connectivity index (χ2v) is 5.02. The standard InChI is InChI=1S/C16H16ClFO3/c1-9-5-4-6-10(15(9)18)16(19)11-7-13(20-2)14(21-3)8-12(11)17/h4-8,16,19H,1-3H3. The third kappa shape index (κ3) is 2.96. The number of methoxy groups -OCH3 is 2. The van der Waals surface area contributed by atoms with Gasteiger partial charge in [-0.3, -0.25) is 0 Å². The smallest absolute Gasteiger partial charge is 0.162 e. The average Bonchev–Trinajstić information content (AvgIpc) is 2.49. The molecule has 0 aliphatic carbocycles. The largest absolute Gasteiger partial charge is 0.493 e. The summed E-state index contributed by atoms with van der Waals surface area (Å²) >= 11 is 6.16. The number of aliphatic hydroxyl groups excluding tert-OH is 1. The van der Waals surface area contributed by atoms with Gasteiger partial charge in [-0.2, -0.15) is 0 Å². The Balaban J connectivity index is 2.53. The number of hydrogen-bond donors (Lipinski definition) is 1. The van der Waals surface area contributed by atoms with Crippen molar-refractivity contribution in [2.24, 2.45) is 0 Å². The van der Waals surface area contributed by atoms with E-state index in [0.717, 1.165) is 0 Å². The van der Waals surface area contributed by atoms with Gasteiger partial charge in [0.05, 0.1) is 19.2 Å². The highest BCUT2D eigenvalue weighted by atomic mass is 35.5. The Morgan fingerprint density at radius 2 is 1.71 bits per heavy atom. The van der Waals surface area contributed by atoms with Gasteiger partial charge in [-0.15, -0.1) is 0 Å². The molecule has 2 aromatic carbocycles. The van der Waals surface area contributed by atoms with Gasteiger partial charge < -0.3 is 14.6 Å². The normalized spacial score (nSPS) is 12.1. The van der Waals surface area contributed by atoms with E-state index >= 15 is 0 Å². The van der Waals surface area contributed by atoms with Crippen LogP contribution >= 0.6 is 11.6 Å².